The summed E-state index contributed by atoms with van der Waals surface area (Å²) in [5, 5.41) is 2.42. The van der Waals surface area contributed by atoms with E-state index < -0.39 is 11.9 Å². The van der Waals surface area contributed by atoms with E-state index in [9.17, 15) is 14.4 Å². The van der Waals surface area contributed by atoms with Crippen molar-refractivity contribution in [2.75, 3.05) is 11.9 Å². The topological polar surface area (TPSA) is 85.6 Å². The van der Waals surface area contributed by atoms with Crippen molar-refractivity contribution in [2.45, 2.75) is 27.7 Å². The average Bonchev–Trinajstić information content (AvgIpc) is 2.66. The van der Waals surface area contributed by atoms with E-state index in [1.807, 2.05) is 0 Å². The summed E-state index contributed by atoms with van der Waals surface area (Å²) in [6, 6.07) is 0. The van der Waals surface area contributed by atoms with Gasteiger partial charge in [0.15, 0.2) is 5.78 Å². The number of ketones is 1. The highest BCUT2D eigenvalue weighted by Gasteiger charge is 2.28. The maximum atomic E-state index is 11.9. The zero-order chi connectivity index (χ0) is 15.3. The molecule has 0 saturated heterocycles. The average molecular weight is 279 g/mol. The van der Waals surface area contributed by atoms with E-state index in [2.05, 4.69) is 5.32 Å². The Labute approximate surface area is 116 Å². The van der Waals surface area contributed by atoms with Gasteiger partial charge < -0.3 is 9.15 Å². The number of Topliss-reactive ketones (excluding diaryl/α,β-unsaturated/α-hetero) is 1. The van der Waals surface area contributed by atoms with Crippen LogP contribution in [0.5, 0.6) is 0 Å². The Morgan fingerprint density at radius 1 is 1.30 bits per heavy atom. The van der Waals surface area contributed by atoms with Crippen molar-refractivity contribution in [3.8, 4) is 0 Å². The lowest BCUT2D eigenvalue weighted by Gasteiger charge is -2.04. The predicted molar refractivity (Wildman–Crippen MR) is 72.8 cm³/mol. The van der Waals surface area contributed by atoms with Crippen molar-refractivity contribution in [3.05, 3.63) is 29.0 Å². The minimum absolute atomic E-state index is 0.0466. The van der Waals surface area contributed by atoms with E-state index in [0.29, 0.717) is 0 Å². The molecule has 0 fully saturated rings. The van der Waals surface area contributed by atoms with Crippen LogP contribution in [0, 0.1) is 6.92 Å². The third kappa shape index (κ3) is 3.34. The summed E-state index contributed by atoms with van der Waals surface area (Å²) >= 11 is 0. The van der Waals surface area contributed by atoms with Gasteiger partial charge in [-0.3, -0.25) is 14.9 Å². The van der Waals surface area contributed by atoms with Crippen LogP contribution in [0.25, 0.3) is 0 Å². The number of allylic oxidation sites excluding steroid dienone is 1. The molecule has 108 valence electrons. The fraction of sp³-hybridized carbons (Fsp3) is 0.357. The number of esters is 1. The highest BCUT2D eigenvalue weighted by Crippen LogP contribution is 2.28. The van der Waals surface area contributed by atoms with Gasteiger partial charge in [-0.2, -0.15) is 0 Å². The van der Waals surface area contributed by atoms with Crippen molar-refractivity contribution in [1.82, 2.24) is 0 Å². The lowest BCUT2D eigenvalue weighted by Crippen LogP contribution is -2.14. The first kappa shape index (κ1) is 15.7. The summed E-state index contributed by atoms with van der Waals surface area (Å²) in [7, 11) is 0. The van der Waals surface area contributed by atoms with Gasteiger partial charge in [0.25, 0.3) is 0 Å². The van der Waals surface area contributed by atoms with E-state index in [0.717, 1.165) is 0 Å². The van der Waals surface area contributed by atoms with Crippen LogP contribution in [0.4, 0.5) is 5.88 Å². The molecule has 0 aliphatic rings. The molecule has 0 aliphatic carbocycles. The van der Waals surface area contributed by atoms with Crippen LogP contribution >= 0.6 is 0 Å². The molecular formula is C14H17NO5. The van der Waals surface area contributed by atoms with Gasteiger partial charge in [0.2, 0.25) is 11.8 Å². The molecule has 1 rings (SSSR count). The summed E-state index contributed by atoms with van der Waals surface area (Å²) in [5.74, 6) is -1.31. The number of ether oxygens (including phenoxy) is 1. The Bertz CT molecular complexity index is 568. The minimum Gasteiger partial charge on any atom is -0.462 e. The maximum Gasteiger partial charge on any atom is 0.344 e. The number of furan rings is 1. The van der Waals surface area contributed by atoms with Crippen LogP contribution in [0.2, 0.25) is 0 Å². The number of carbonyl (C=O) groups excluding carboxylic acids is 3. The smallest absolute Gasteiger partial charge is 0.344 e. The molecular weight excluding hydrogens is 262 g/mol. The lowest BCUT2D eigenvalue weighted by molar-refractivity contribution is -0.112. The number of anilines is 1. The first-order valence-corrected chi connectivity index (χ1v) is 6.17. The molecule has 0 aliphatic heterocycles. The lowest BCUT2D eigenvalue weighted by atomic mass is 10.1. The van der Waals surface area contributed by atoms with Gasteiger partial charge in [-0.1, -0.05) is 6.08 Å². The molecule has 20 heavy (non-hydrogen) atoms. The first-order chi connectivity index (χ1) is 9.42. The number of carbonyl (C=O) groups is 3. The highest BCUT2D eigenvalue weighted by atomic mass is 16.5. The molecule has 0 atom stereocenters. The molecule has 0 bridgehead atoms. The zero-order valence-corrected chi connectivity index (χ0v) is 11.9. The summed E-state index contributed by atoms with van der Waals surface area (Å²) in [6.45, 7) is 6.35. The van der Waals surface area contributed by atoms with Gasteiger partial charge in [0, 0.05) is 0 Å². The van der Waals surface area contributed by atoms with Gasteiger partial charge in [-0.05, 0) is 33.8 Å². The molecule has 1 aromatic heterocycles. The van der Waals surface area contributed by atoms with Crippen molar-refractivity contribution in [2.24, 2.45) is 0 Å². The van der Waals surface area contributed by atoms with Crippen molar-refractivity contribution in [3.63, 3.8) is 0 Å². The molecule has 1 N–H and O–H groups in total. The molecule has 0 aromatic carbocycles. The molecule has 6 heteroatoms. The van der Waals surface area contributed by atoms with Crippen LogP contribution < -0.4 is 5.32 Å². The molecule has 6 nitrogen and oxygen atoms in total. The summed E-state index contributed by atoms with van der Waals surface area (Å²) in [4.78, 5) is 35.1. The number of hydrogen-bond acceptors (Lipinski definition) is 5. The van der Waals surface area contributed by atoms with Crippen LogP contribution in [0.3, 0.4) is 0 Å². The van der Waals surface area contributed by atoms with E-state index in [1.165, 1.54) is 13.0 Å². The fourth-order valence-electron chi connectivity index (χ4n) is 1.76. The normalized spacial score (nSPS) is 10.6. The van der Waals surface area contributed by atoms with Crippen LogP contribution in [0.1, 0.15) is 47.2 Å². The van der Waals surface area contributed by atoms with Crippen molar-refractivity contribution in [1.29, 1.82) is 0 Å². The number of hydrogen-bond donors (Lipinski definition) is 1. The van der Waals surface area contributed by atoms with Crippen LogP contribution in [-0.2, 0) is 9.53 Å². The number of amides is 1. The summed E-state index contributed by atoms with van der Waals surface area (Å²) in [5.41, 5.74) is 0.0777. The standard InChI is InChI=1S/C14H17NO5/c1-5-7-10(17)15-13-12(14(18)19-6-2)11(8(3)16)9(4)20-13/h5,7H,6H2,1-4H3,(H,15,17)/b7-5+. The first-order valence-electron chi connectivity index (χ1n) is 6.17. The largest absolute Gasteiger partial charge is 0.462 e. The molecule has 0 radical (unpaired) electrons. The second-order valence-corrected chi connectivity index (χ2v) is 4.00. The molecule has 1 heterocycles. The number of nitrogens with one attached hydrogen (secondary N) is 1. The Hall–Kier alpha value is -2.37. The Morgan fingerprint density at radius 3 is 2.45 bits per heavy atom. The Morgan fingerprint density at radius 2 is 1.95 bits per heavy atom. The summed E-state index contributed by atoms with van der Waals surface area (Å²) < 4.78 is 10.2. The van der Waals surface area contributed by atoms with Crippen molar-refractivity contribution < 1.29 is 23.5 Å². The van der Waals surface area contributed by atoms with Gasteiger partial charge in [0.1, 0.15) is 11.3 Å². The number of rotatable bonds is 5. The second kappa shape index (κ2) is 6.70. The predicted octanol–water partition coefficient (Wildman–Crippen LogP) is 2.48. The van der Waals surface area contributed by atoms with Crippen molar-refractivity contribution >= 4 is 23.5 Å². The second-order valence-electron chi connectivity index (χ2n) is 4.00. The van der Waals surface area contributed by atoms with E-state index in [4.69, 9.17) is 9.15 Å². The van der Waals surface area contributed by atoms with E-state index in [-0.39, 0.29) is 35.2 Å². The van der Waals surface area contributed by atoms with Gasteiger partial charge >= 0.3 is 5.97 Å². The van der Waals surface area contributed by atoms with Gasteiger partial charge in [-0.15, -0.1) is 0 Å². The monoisotopic (exact) mass is 279 g/mol. The van der Waals surface area contributed by atoms with E-state index in [1.54, 1.807) is 26.8 Å². The number of aryl methyl sites for hydroxylation is 1. The fourth-order valence-corrected chi connectivity index (χ4v) is 1.76. The van der Waals surface area contributed by atoms with Crippen LogP contribution in [0.15, 0.2) is 16.6 Å². The molecule has 0 unspecified atom stereocenters. The Kier molecular flexibility index (Phi) is 5.25. The zero-order valence-electron chi connectivity index (χ0n) is 11.9. The molecule has 0 saturated carbocycles. The molecule has 1 amide bonds. The Balaban J connectivity index is 3.29. The molecule has 1 aromatic rings. The van der Waals surface area contributed by atoms with Crippen LogP contribution in [-0.4, -0.2) is 24.3 Å². The maximum absolute atomic E-state index is 11.9. The molecule has 0 spiro atoms. The van der Waals surface area contributed by atoms with E-state index >= 15 is 0 Å². The summed E-state index contributed by atoms with van der Waals surface area (Å²) in [6.07, 6.45) is 2.82. The quantitative estimate of drug-likeness (QED) is 0.508. The third-order valence-corrected chi connectivity index (χ3v) is 2.47. The third-order valence-electron chi connectivity index (χ3n) is 2.47. The van der Waals surface area contributed by atoms with Gasteiger partial charge in [0.05, 0.1) is 12.2 Å². The van der Waals surface area contributed by atoms with Gasteiger partial charge in [-0.25, -0.2) is 4.79 Å². The highest BCUT2D eigenvalue weighted by molar-refractivity contribution is 6.11. The minimum atomic E-state index is -0.703. The SMILES string of the molecule is C/C=C/C(=O)Nc1oc(C)c(C(C)=O)c1C(=O)OCC.